The monoisotopic (exact) mass is 288 g/mol. The van der Waals surface area contributed by atoms with Gasteiger partial charge in [-0.25, -0.2) is 0 Å². The summed E-state index contributed by atoms with van der Waals surface area (Å²) in [5.41, 5.74) is 7.49. The van der Waals surface area contributed by atoms with E-state index in [-0.39, 0.29) is 19.0 Å². The fourth-order valence-corrected chi connectivity index (χ4v) is 1.82. The number of carbonyl (C=O) groups excluding carboxylic acids is 2. The molecule has 0 bridgehead atoms. The van der Waals surface area contributed by atoms with Gasteiger partial charge in [0.2, 0.25) is 0 Å². The minimum absolute atomic E-state index is 0.0789. The zero-order valence-electron chi connectivity index (χ0n) is 12.6. The van der Waals surface area contributed by atoms with E-state index in [1.165, 1.54) is 4.90 Å². The van der Waals surface area contributed by atoms with Crippen molar-refractivity contribution in [3.8, 4) is 11.8 Å². The zero-order valence-corrected chi connectivity index (χ0v) is 12.6. The van der Waals surface area contributed by atoms with E-state index in [1.807, 2.05) is 13.0 Å². The van der Waals surface area contributed by atoms with Crippen LogP contribution in [0, 0.1) is 18.8 Å². The van der Waals surface area contributed by atoms with Crippen molar-refractivity contribution in [2.24, 2.45) is 5.73 Å². The fraction of sp³-hybridized carbons (Fsp3) is 0.375. The number of rotatable bonds is 4. The molecule has 112 valence electrons. The maximum absolute atomic E-state index is 12.3. The number of hydrogen-bond acceptors (Lipinski definition) is 4. The van der Waals surface area contributed by atoms with Crippen molar-refractivity contribution < 1.29 is 14.3 Å². The van der Waals surface area contributed by atoms with E-state index in [0.29, 0.717) is 12.2 Å². The molecule has 0 saturated heterocycles. The molecule has 0 fully saturated rings. The third kappa shape index (κ3) is 5.28. The normalized spacial score (nSPS) is 9.52. The van der Waals surface area contributed by atoms with Gasteiger partial charge in [0, 0.05) is 18.2 Å². The van der Waals surface area contributed by atoms with E-state index in [9.17, 15) is 9.59 Å². The van der Waals surface area contributed by atoms with Crippen molar-refractivity contribution in [3.05, 3.63) is 34.9 Å². The molecule has 1 aromatic rings. The number of benzene rings is 1. The molecule has 0 aliphatic heterocycles. The molecule has 1 rings (SSSR count). The summed E-state index contributed by atoms with van der Waals surface area (Å²) in [6.07, 6.45) is 0. The number of likely N-dealkylation sites (N-methyl/N-ethyl adjacent to an activating group) is 1. The molecule has 0 atom stereocenters. The summed E-state index contributed by atoms with van der Waals surface area (Å²) in [5.74, 6) is 4.98. The molecule has 0 unspecified atom stereocenters. The van der Waals surface area contributed by atoms with Gasteiger partial charge in [0.05, 0.1) is 13.2 Å². The van der Waals surface area contributed by atoms with Crippen molar-refractivity contribution in [1.29, 1.82) is 0 Å². The first-order valence-corrected chi connectivity index (χ1v) is 6.69. The molecule has 0 radical (unpaired) electrons. The van der Waals surface area contributed by atoms with Gasteiger partial charge in [-0.1, -0.05) is 11.8 Å². The molecule has 21 heavy (non-hydrogen) atoms. The lowest BCUT2D eigenvalue weighted by Gasteiger charge is -2.16. The zero-order chi connectivity index (χ0) is 15.8. The Labute approximate surface area is 125 Å². The number of aryl methyl sites for hydroxylation is 1. The van der Waals surface area contributed by atoms with Crippen LogP contribution in [0.5, 0.6) is 0 Å². The van der Waals surface area contributed by atoms with E-state index in [2.05, 4.69) is 11.8 Å². The first kappa shape index (κ1) is 16.7. The van der Waals surface area contributed by atoms with Crippen molar-refractivity contribution >= 4 is 11.9 Å². The number of ether oxygens (including phenoxy) is 1. The molecular weight excluding hydrogens is 268 g/mol. The van der Waals surface area contributed by atoms with Gasteiger partial charge in [0.25, 0.3) is 5.91 Å². The van der Waals surface area contributed by atoms with Gasteiger partial charge < -0.3 is 15.4 Å². The Morgan fingerprint density at radius 3 is 2.67 bits per heavy atom. The molecule has 1 amide bonds. The number of esters is 1. The van der Waals surface area contributed by atoms with Gasteiger partial charge in [-0.15, -0.1) is 0 Å². The van der Waals surface area contributed by atoms with Gasteiger partial charge in [-0.2, -0.15) is 0 Å². The minimum atomic E-state index is -0.427. The van der Waals surface area contributed by atoms with Crippen LogP contribution in [0.3, 0.4) is 0 Å². The molecule has 0 saturated carbocycles. The van der Waals surface area contributed by atoms with Crippen molar-refractivity contribution in [3.63, 3.8) is 0 Å². The quantitative estimate of drug-likeness (QED) is 0.661. The summed E-state index contributed by atoms with van der Waals surface area (Å²) in [4.78, 5) is 25.0. The predicted molar refractivity (Wildman–Crippen MR) is 80.7 cm³/mol. The highest BCUT2D eigenvalue weighted by Crippen LogP contribution is 2.11. The molecule has 1 aromatic carbocycles. The summed E-state index contributed by atoms with van der Waals surface area (Å²) in [6, 6.07) is 5.34. The largest absolute Gasteiger partial charge is 0.465 e. The Balaban J connectivity index is 2.91. The standard InChI is InChI=1S/C16H20N2O3/c1-4-21-15(19)11-18(3)16(20)14-9-12(2)8-13(10-14)6-5-7-17/h8-10H,4,7,11,17H2,1-3H3. The van der Waals surface area contributed by atoms with Crippen molar-refractivity contribution in [1.82, 2.24) is 4.90 Å². The number of nitrogens with zero attached hydrogens (tertiary/aromatic N) is 1. The van der Waals surface area contributed by atoms with E-state index >= 15 is 0 Å². The van der Waals surface area contributed by atoms with E-state index < -0.39 is 5.97 Å². The summed E-state index contributed by atoms with van der Waals surface area (Å²) >= 11 is 0. The van der Waals surface area contributed by atoms with Crippen LogP contribution < -0.4 is 5.73 Å². The SMILES string of the molecule is CCOC(=O)CN(C)C(=O)c1cc(C)cc(C#CCN)c1. The third-order valence-electron chi connectivity index (χ3n) is 2.68. The van der Waals surface area contributed by atoms with E-state index in [0.717, 1.165) is 11.1 Å². The number of carbonyl (C=O) groups is 2. The number of hydrogen-bond donors (Lipinski definition) is 1. The smallest absolute Gasteiger partial charge is 0.325 e. The van der Waals surface area contributed by atoms with Crippen LogP contribution in [-0.4, -0.2) is 43.5 Å². The first-order valence-electron chi connectivity index (χ1n) is 6.69. The number of nitrogens with two attached hydrogens (primary N) is 1. The van der Waals surface area contributed by atoms with Crippen molar-refractivity contribution in [2.45, 2.75) is 13.8 Å². The van der Waals surface area contributed by atoms with Gasteiger partial charge in [0.1, 0.15) is 6.54 Å². The third-order valence-corrected chi connectivity index (χ3v) is 2.68. The van der Waals surface area contributed by atoms with Crippen LogP contribution >= 0.6 is 0 Å². The van der Waals surface area contributed by atoms with Gasteiger partial charge in [0.15, 0.2) is 0 Å². The average Bonchev–Trinajstić information content (AvgIpc) is 2.43. The Hall–Kier alpha value is -2.32. The lowest BCUT2D eigenvalue weighted by Crippen LogP contribution is -2.33. The summed E-state index contributed by atoms with van der Waals surface area (Å²) in [6.45, 7) is 4.09. The Morgan fingerprint density at radius 1 is 1.33 bits per heavy atom. The molecule has 2 N–H and O–H groups in total. The minimum Gasteiger partial charge on any atom is -0.465 e. The molecule has 0 aliphatic carbocycles. The second kappa shape index (κ2) is 8.08. The molecule has 5 heteroatoms. The molecule has 0 heterocycles. The van der Waals surface area contributed by atoms with Crippen LogP contribution in [0.2, 0.25) is 0 Å². The lowest BCUT2D eigenvalue weighted by atomic mass is 10.1. The predicted octanol–water partition coefficient (Wildman–Crippen LogP) is 0.940. The first-order chi connectivity index (χ1) is 9.97. The van der Waals surface area contributed by atoms with Gasteiger partial charge in [-0.3, -0.25) is 9.59 Å². The lowest BCUT2D eigenvalue weighted by molar-refractivity contribution is -0.143. The highest BCUT2D eigenvalue weighted by Gasteiger charge is 2.16. The Bertz CT molecular complexity index is 585. The number of amides is 1. The Kier molecular flexibility index (Phi) is 6.44. The summed E-state index contributed by atoms with van der Waals surface area (Å²) in [5, 5.41) is 0. The van der Waals surface area contributed by atoms with Crippen LogP contribution in [0.25, 0.3) is 0 Å². The highest BCUT2D eigenvalue weighted by molar-refractivity contribution is 5.96. The highest BCUT2D eigenvalue weighted by atomic mass is 16.5. The van der Waals surface area contributed by atoms with E-state index in [4.69, 9.17) is 10.5 Å². The van der Waals surface area contributed by atoms with Crippen LogP contribution in [-0.2, 0) is 9.53 Å². The maximum Gasteiger partial charge on any atom is 0.325 e. The Morgan fingerprint density at radius 2 is 2.05 bits per heavy atom. The topological polar surface area (TPSA) is 72.6 Å². The van der Waals surface area contributed by atoms with Gasteiger partial charge in [-0.05, 0) is 37.6 Å². The fourth-order valence-electron chi connectivity index (χ4n) is 1.82. The summed E-state index contributed by atoms with van der Waals surface area (Å²) < 4.78 is 4.83. The second-order valence-corrected chi connectivity index (χ2v) is 4.56. The summed E-state index contributed by atoms with van der Waals surface area (Å²) in [7, 11) is 1.56. The average molecular weight is 288 g/mol. The van der Waals surface area contributed by atoms with Crippen molar-refractivity contribution in [2.75, 3.05) is 26.7 Å². The molecular formula is C16H20N2O3. The molecule has 0 aromatic heterocycles. The van der Waals surface area contributed by atoms with Crippen LogP contribution in [0.15, 0.2) is 18.2 Å². The van der Waals surface area contributed by atoms with E-state index in [1.54, 1.807) is 26.1 Å². The second-order valence-electron chi connectivity index (χ2n) is 4.56. The molecule has 0 spiro atoms. The maximum atomic E-state index is 12.3. The molecule has 0 aliphatic rings. The van der Waals surface area contributed by atoms with Crippen LogP contribution in [0.4, 0.5) is 0 Å². The molecule has 5 nitrogen and oxygen atoms in total. The van der Waals surface area contributed by atoms with Gasteiger partial charge >= 0.3 is 5.97 Å². The van der Waals surface area contributed by atoms with Crippen LogP contribution in [0.1, 0.15) is 28.4 Å².